The van der Waals surface area contributed by atoms with Crippen molar-refractivity contribution in [2.45, 2.75) is 6.92 Å². The number of benzene rings is 2. The first-order chi connectivity index (χ1) is 12.8. The van der Waals surface area contributed by atoms with Crippen molar-refractivity contribution in [1.82, 2.24) is 10.9 Å². The Morgan fingerprint density at radius 3 is 2.56 bits per heavy atom. The quantitative estimate of drug-likeness (QED) is 0.529. The third kappa shape index (κ3) is 5.11. The number of methoxy groups -OCH3 is 1. The molecule has 142 valence electrons. The highest BCUT2D eigenvalue weighted by Gasteiger charge is 2.17. The van der Waals surface area contributed by atoms with Gasteiger partial charge in [0.15, 0.2) is 6.61 Å². The fourth-order valence-corrected chi connectivity index (χ4v) is 2.29. The molecule has 2 aromatic carbocycles. The van der Waals surface area contributed by atoms with Crippen molar-refractivity contribution in [1.29, 1.82) is 0 Å². The lowest BCUT2D eigenvalue weighted by Crippen LogP contribution is -2.43. The molecule has 2 amide bonds. The number of ether oxygens (including phenoxy) is 2. The van der Waals surface area contributed by atoms with Crippen molar-refractivity contribution >= 4 is 29.4 Å². The van der Waals surface area contributed by atoms with Crippen LogP contribution in [-0.2, 0) is 9.53 Å². The number of nitrogens with one attached hydrogen (secondary N) is 2. The highest BCUT2D eigenvalue weighted by atomic mass is 35.5. The van der Waals surface area contributed by atoms with Crippen LogP contribution in [0.15, 0.2) is 36.4 Å². The second-order valence-electron chi connectivity index (χ2n) is 5.39. The smallest absolute Gasteiger partial charge is 0.342 e. The molecule has 0 aliphatic carbocycles. The van der Waals surface area contributed by atoms with E-state index in [-0.39, 0.29) is 22.6 Å². The van der Waals surface area contributed by atoms with Crippen LogP contribution in [-0.4, -0.2) is 36.6 Å². The maximum atomic E-state index is 12.1. The van der Waals surface area contributed by atoms with E-state index in [2.05, 4.69) is 10.9 Å². The van der Waals surface area contributed by atoms with Gasteiger partial charge in [-0.05, 0) is 36.8 Å². The van der Waals surface area contributed by atoms with Gasteiger partial charge >= 0.3 is 5.97 Å². The second-order valence-corrected chi connectivity index (χ2v) is 5.83. The topological polar surface area (TPSA) is 114 Å². The zero-order valence-electron chi connectivity index (χ0n) is 14.5. The summed E-state index contributed by atoms with van der Waals surface area (Å²) in [5.41, 5.74) is 4.83. The van der Waals surface area contributed by atoms with E-state index in [4.69, 9.17) is 21.1 Å². The summed E-state index contributed by atoms with van der Waals surface area (Å²) in [5, 5.41) is 10.1. The molecule has 9 heteroatoms. The van der Waals surface area contributed by atoms with E-state index < -0.39 is 24.4 Å². The van der Waals surface area contributed by atoms with Crippen molar-refractivity contribution in [3.05, 3.63) is 58.1 Å². The fraction of sp³-hybridized carbons (Fsp3) is 0.167. The second kappa shape index (κ2) is 8.91. The summed E-state index contributed by atoms with van der Waals surface area (Å²) in [6.45, 7) is 0.970. The first-order valence-corrected chi connectivity index (χ1v) is 8.09. The number of aromatic hydroxyl groups is 1. The standard InChI is InChI=1S/C18H17ClN2O6/c1-10-4-3-5-12(16(10)23)18(25)27-9-15(22)20-21-17(24)13-8-11(19)6-7-14(13)26-2/h3-8,23H,9H2,1-2H3,(H,20,22)(H,21,24). The van der Waals surface area contributed by atoms with Crippen molar-refractivity contribution in [2.24, 2.45) is 0 Å². The molecule has 0 bridgehead atoms. The zero-order valence-corrected chi connectivity index (χ0v) is 15.3. The van der Waals surface area contributed by atoms with E-state index in [1.807, 2.05) is 0 Å². The molecular weight excluding hydrogens is 376 g/mol. The molecule has 0 atom stereocenters. The highest BCUT2D eigenvalue weighted by molar-refractivity contribution is 6.31. The zero-order chi connectivity index (χ0) is 20.0. The Morgan fingerprint density at radius 1 is 1.11 bits per heavy atom. The molecule has 2 rings (SSSR count). The van der Waals surface area contributed by atoms with Gasteiger partial charge < -0.3 is 14.6 Å². The lowest BCUT2D eigenvalue weighted by Gasteiger charge is -2.11. The number of hydrogen-bond donors (Lipinski definition) is 3. The van der Waals surface area contributed by atoms with E-state index in [0.29, 0.717) is 10.6 Å². The number of carbonyl (C=O) groups excluding carboxylic acids is 3. The highest BCUT2D eigenvalue weighted by Crippen LogP contribution is 2.23. The van der Waals surface area contributed by atoms with E-state index in [1.54, 1.807) is 25.1 Å². The number of esters is 1. The van der Waals surface area contributed by atoms with Crippen LogP contribution < -0.4 is 15.6 Å². The molecule has 2 aromatic rings. The number of carbonyl (C=O) groups is 3. The summed E-state index contributed by atoms with van der Waals surface area (Å²) < 4.78 is 9.87. The molecule has 27 heavy (non-hydrogen) atoms. The number of phenolic OH excluding ortho intramolecular Hbond substituents is 1. The van der Waals surface area contributed by atoms with E-state index >= 15 is 0 Å². The molecule has 0 unspecified atom stereocenters. The largest absolute Gasteiger partial charge is 0.507 e. The van der Waals surface area contributed by atoms with Gasteiger partial charge in [0.25, 0.3) is 11.8 Å². The molecule has 0 aromatic heterocycles. The third-order valence-electron chi connectivity index (χ3n) is 3.51. The number of halogens is 1. The Morgan fingerprint density at radius 2 is 1.85 bits per heavy atom. The van der Waals surface area contributed by atoms with E-state index in [9.17, 15) is 19.5 Å². The summed E-state index contributed by atoms with van der Waals surface area (Å²) in [6, 6.07) is 9.01. The lowest BCUT2D eigenvalue weighted by atomic mass is 10.1. The molecule has 0 aliphatic rings. The Kier molecular flexibility index (Phi) is 6.62. The minimum absolute atomic E-state index is 0.0597. The van der Waals surface area contributed by atoms with E-state index in [0.717, 1.165) is 0 Å². The van der Waals surface area contributed by atoms with Gasteiger partial charge in [-0.2, -0.15) is 0 Å². The van der Waals surface area contributed by atoms with Crippen LogP contribution in [0, 0.1) is 6.92 Å². The van der Waals surface area contributed by atoms with E-state index in [1.165, 1.54) is 25.3 Å². The van der Waals surface area contributed by atoms with Gasteiger partial charge in [0.1, 0.15) is 17.1 Å². The normalized spacial score (nSPS) is 10.0. The molecule has 3 N–H and O–H groups in total. The SMILES string of the molecule is COc1ccc(Cl)cc1C(=O)NNC(=O)COC(=O)c1cccc(C)c1O. The molecule has 0 heterocycles. The molecule has 8 nitrogen and oxygen atoms in total. The van der Waals surface area contributed by atoms with Crippen molar-refractivity contribution in [3.63, 3.8) is 0 Å². The Bertz CT molecular complexity index is 884. The van der Waals surface area contributed by atoms with Crippen molar-refractivity contribution < 1.29 is 29.0 Å². The van der Waals surface area contributed by atoms with Crippen LogP contribution in [0.1, 0.15) is 26.3 Å². The maximum absolute atomic E-state index is 12.1. The maximum Gasteiger partial charge on any atom is 0.342 e. The number of hydrogen-bond acceptors (Lipinski definition) is 6. The summed E-state index contributed by atoms with van der Waals surface area (Å²) >= 11 is 5.85. The first kappa shape index (κ1) is 20.1. The van der Waals surface area contributed by atoms with Gasteiger partial charge in [-0.15, -0.1) is 0 Å². The van der Waals surface area contributed by atoms with Gasteiger partial charge in [-0.25, -0.2) is 4.79 Å². The van der Waals surface area contributed by atoms with Gasteiger partial charge in [0, 0.05) is 5.02 Å². The van der Waals surface area contributed by atoms with Crippen LogP contribution in [0.5, 0.6) is 11.5 Å². The minimum Gasteiger partial charge on any atom is -0.507 e. The van der Waals surface area contributed by atoms with Gasteiger partial charge in [0.05, 0.1) is 12.7 Å². The first-order valence-electron chi connectivity index (χ1n) is 7.72. The average Bonchev–Trinajstić information content (AvgIpc) is 2.66. The van der Waals surface area contributed by atoms with Crippen LogP contribution in [0.3, 0.4) is 0 Å². The number of para-hydroxylation sites is 1. The van der Waals surface area contributed by atoms with Crippen LogP contribution in [0.2, 0.25) is 5.02 Å². The minimum atomic E-state index is -0.866. The number of amides is 2. The molecule has 0 radical (unpaired) electrons. The monoisotopic (exact) mass is 392 g/mol. The Balaban J connectivity index is 1.89. The summed E-state index contributed by atoms with van der Waals surface area (Å²) in [7, 11) is 1.39. The third-order valence-corrected chi connectivity index (χ3v) is 3.75. The van der Waals surface area contributed by atoms with Crippen LogP contribution >= 0.6 is 11.6 Å². The Hall–Kier alpha value is -3.26. The van der Waals surface area contributed by atoms with Crippen LogP contribution in [0.25, 0.3) is 0 Å². The summed E-state index contributed by atoms with van der Waals surface area (Å²) in [6.07, 6.45) is 0. The number of aryl methyl sites for hydroxylation is 1. The van der Waals surface area contributed by atoms with Crippen LogP contribution in [0.4, 0.5) is 0 Å². The number of hydrazine groups is 1. The Labute approximate surface area is 160 Å². The molecular formula is C18H17ClN2O6. The predicted molar refractivity (Wildman–Crippen MR) is 96.7 cm³/mol. The molecule has 0 aliphatic heterocycles. The van der Waals surface area contributed by atoms with Crippen molar-refractivity contribution in [2.75, 3.05) is 13.7 Å². The average molecular weight is 393 g/mol. The van der Waals surface area contributed by atoms with Gasteiger partial charge in [0.2, 0.25) is 0 Å². The lowest BCUT2D eigenvalue weighted by molar-refractivity contribution is -0.125. The predicted octanol–water partition coefficient (Wildman–Crippen LogP) is 1.98. The molecule has 0 fully saturated rings. The molecule has 0 saturated carbocycles. The summed E-state index contributed by atoms with van der Waals surface area (Å²) in [5.74, 6) is -2.25. The van der Waals surface area contributed by atoms with Crippen molar-refractivity contribution in [3.8, 4) is 11.5 Å². The summed E-state index contributed by atoms with van der Waals surface area (Å²) in [4.78, 5) is 35.8. The van der Waals surface area contributed by atoms with Gasteiger partial charge in [-0.1, -0.05) is 23.7 Å². The number of phenols is 1. The van der Waals surface area contributed by atoms with Gasteiger partial charge in [-0.3, -0.25) is 20.4 Å². The number of rotatable bonds is 5. The molecule has 0 spiro atoms. The fourth-order valence-electron chi connectivity index (χ4n) is 2.12. The molecule has 0 saturated heterocycles.